The molecule has 0 aromatic rings. The molecule has 0 N–H and O–H groups in total. The first-order chi connectivity index (χ1) is 16.9. The summed E-state index contributed by atoms with van der Waals surface area (Å²) in [7, 11) is 0. The van der Waals surface area contributed by atoms with Crippen LogP contribution in [-0.2, 0) is 19.1 Å². The maximum atomic E-state index is 12.7. The summed E-state index contributed by atoms with van der Waals surface area (Å²) < 4.78 is 11.5. The van der Waals surface area contributed by atoms with E-state index in [9.17, 15) is 9.59 Å². The average Bonchev–Trinajstić information content (AvgIpc) is 2.81. The molecule has 0 heterocycles. The first kappa shape index (κ1) is 33.0. The lowest BCUT2D eigenvalue weighted by Gasteiger charge is -2.30. The highest BCUT2D eigenvalue weighted by Crippen LogP contribution is 2.33. The summed E-state index contributed by atoms with van der Waals surface area (Å²) in [5, 5.41) is 0. The van der Waals surface area contributed by atoms with Gasteiger partial charge in [0.05, 0.1) is 25.0 Å². The van der Waals surface area contributed by atoms with Gasteiger partial charge in [-0.1, -0.05) is 107 Å². The molecule has 1 rings (SSSR count). The first-order valence-corrected chi connectivity index (χ1v) is 15.2. The summed E-state index contributed by atoms with van der Waals surface area (Å²) in [5.41, 5.74) is 0.0346. The molecule has 0 radical (unpaired) electrons. The molecular weight excluding hydrogens is 448 g/mol. The van der Waals surface area contributed by atoms with Crippen LogP contribution in [0.3, 0.4) is 0 Å². The van der Waals surface area contributed by atoms with Crippen molar-refractivity contribution in [1.29, 1.82) is 0 Å². The number of esters is 2. The molecule has 0 saturated heterocycles. The molecule has 1 fully saturated rings. The molecule has 1 saturated carbocycles. The zero-order valence-corrected chi connectivity index (χ0v) is 25.3. The van der Waals surface area contributed by atoms with Gasteiger partial charge in [-0.3, -0.25) is 9.59 Å². The van der Waals surface area contributed by atoms with Gasteiger partial charge in [0, 0.05) is 0 Å². The maximum Gasteiger partial charge on any atom is 0.308 e. The fraction of sp³-hybridized carbons (Fsp3) is 0.938. The van der Waals surface area contributed by atoms with Crippen LogP contribution in [0.5, 0.6) is 0 Å². The van der Waals surface area contributed by atoms with Crippen LogP contribution in [0, 0.1) is 34.5 Å². The van der Waals surface area contributed by atoms with Crippen LogP contribution >= 0.6 is 0 Å². The fourth-order valence-corrected chi connectivity index (χ4v) is 5.61. The standard InChI is InChI=1S/C32H60O4/c1-9-13-25(3)15-11-21-31(5,6)23-35-29(33)27-17-19-28(20-18-27)30(34)36-24-32(7,8)22-12-16-26(4)14-10-2/h25-28H,9-24H2,1-8H3. The predicted molar refractivity (Wildman–Crippen MR) is 151 cm³/mol. The van der Waals surface area contributed by atoms with Crippen molar-refractivity contribution in [3.05, 3.63) is 0 Å². The SMILES string of the molecule is CCCC(C)CCCC(C)(C)COC(=O)C1CCC(C(=O)OCC(C)(C)CCCC(C)CCC)CC1. The van der Waals surface area contributed by atoms with Crippen LogP contribution in [0.4, 0.5) is 0 Å². The van der Waals surface area contributed by atoms with Gasteiger partial charge in [0.1, 0.15) is 0 Å². The predicted octanol–water partition coefficient (Wildman–Crippen LogP) is 9.14. The monoisotopic (exact) mass is 508 g/mol. The Bertz CT molecular complexity index is 562. The van der Waals surface area contributed by atoms with E-state index in [0.717, 1.165) is 50.4 Å². The Morgan fingerprint density at radius 1 is 0.667 bits per heavy atom. The first-order valence-electron chi connectivity index (χ1n) is 15.2. The van der Waals surface area contributed by atoms with Gasteiger partial charge in [0.2, 0.25) is 0 Å². The fourth-order valence-electron chi connectivity index (χ4n) is 5.61. The highest BCUT2D eigenvalue weighted by atomic mass is 16.5. The summed E-state index contributed by atoms with van der Waals surface area (Å²) in [6, 6.07) is 0. The van der Waals surface area contributed by atoms with Crippen LogP contribution in [-0.4, -0.2) is 25.2 Å². The lowest BCUT2D eigenvalue weighted by molar-refractivity contribution is -0.158. The molecule has 1 aliphatic rings. The van der Waals surface area contributed by atoms with Gasteiger partial charge >= 0.3 is 11.9 Å². The van der Waals surface area contributed by atoms with Crippen molar-refractivity contribution in [2.75, 3.05) is 13.2 Å². The lowest BCUT2D eigenvalue weighted by atomic mass is 9.81. The van der Waals surface area contributed by atoms with Crippen LogP contribution in [0.25, 0.3) is 0 Å². The molecule has 1 aliphatic carbocycles. The zero-order chi connectivity index (χ0) is 27.2. The quantitative estimate of drug-likeness (QED) is 0.173. The molecule has 36 heavy (non-hydrogen) atoms. The molecule has 0 aliphatic heterocycles. The number of rotatable bonds is 18. The second-order valence-electron chi connectivity index (χ2n) is 13.7. The van der Waals surface area contributed by atoms with E-state index in [4.69, 9.17) is 9.47 Å². The van der Waals surface area contributed by atoms with Crippen LogP contribution < -0.4 is 0 Å². The Labute approximate surface area is 224 Å². The number of hydrogen-bond acceptors (Lipinski definition) is 4. The number of ether oxygens (including phenoxy) is 2. The Hall–Kier alpha value is -1.06. The lowest BCUT2D eigenvalue weighted by Crippen LogP contribution is -2.31. The van der Waals surface area contributed by atoms with Crippen LogP contribution in [0.15, 0.2) is 0 Å². The summed E-state index contributed by atoms with van der Waals surface area (Å²) in [4.78, 5) is 25.4. The number of carbonyl (C=O) groups is 2. The average molecular weight is 509 g/mol. The molecule has 4 nitrogen and oxygen atoms in total. The van der Waals surface area contributed by atoms with Gasteiger partial charge in [0.25, 0.3) is 0 Å². The van der Waals surface area contributed by atoms with E-state index < -0.39 is 0 Å². The Kier molecular flexibility index (Phi) is 15.3. The maximum absolute atomic E-state index is 12.7. The third kappa shape index (κ3) is 14.0. The normalized spacial score (nSPS) is 20.6. The Morgan fingerprint density at radius 3 is 1.31 bits per heavy atom. The Balaban J connectivity index is 2.29. The van der Waals surface area contributed by atoms with Gasteiger partial charge in [-0.05, 0) is 61.2 Å². The molecule has 0 aromatic heterocycles. The molecule has 0 bridgehead atoms. The van der Waals surface area contributed by atoms with Crippen molar-refractivity contribution in [2.45, 2.75) is 145 Å². The van der Waals surface area contributed by atoms with Crippen molar-refractivity contribution < 1.29 is 19.1 Å². The van der Waals surface area contributed by atoms with Crippen molar-refractivity contribution >= 4 is 11.9 Å². The molecule has 0 spiro atoms. The van der Waals surface area contributed by atoms with E-state index in [1.165, 1.54) is 51.4 Å². The van der Waals surface area contributed by atoms with E-state index in [2.05, 4.69) is 55.4 Å². The van der Waals surface area contributed by atoms with E-state index >= 15 is 0 Å². The topological polar surface area (TPSA) is 52.6 Å². The van der Waals surface area contributed by atoms with Crippen molar-refractivity contribution in [3.63, 3.8) is 0 Å². The minimum atomic E-state index is -0.0762. The summed E-state index contributed by atoms with van der Waals surface area (Å²) in [5.74, 6) is 1.26. The van der Waals surface area contributed by atoms with Gasteiger partial charge in [-0.2, -0.15) is 0 Å². The van der Waals surface area contributed by atoms with E-state index in [1.54, 1.807) is 0 Å². The van der Waals surface area contributed by atoms with E-state index in [-0.39, 0.29) is 34.6 Å². The van der Waals surface area contributed by atoms with Crippen molar-refractivity contribution in [2.24, 2.45) is 34.5 Å². The van der Waals surface area contributed by atoms with Gasteiger partial charge in [-0.25, -0.2) is 0 Å². The largest absolute Gasteiger partial charge is 0.465 e. The van der Waals surface area contributed by atoms with Crippen LogP contribution in [0.1, 0.15) is 145 Å². The highest BCUT2D eigenvalue weighted by Gasteiger charge is 2.33. The van der Waals surface area contributed by atoms with Gasteiger partial charge in [0.15, 0.2) is 0 Å². The summed E-state index contributed by atoms with van der Waals surface area (Å²) in [6.45, 7) is 18.9. The molecule has 0 aromatic carbocycles. The molecule has 4 heteroatoms. The van der Waals surface area contributed by atoms with E-state index in [1.807, 2.05) is 0 Å². The Morgan fingerprint density at radius 2 is 1.00 bits per heavy atom. The molecule has 0 amide bonds. The smallest absolute Gasteiger partial charge is 0.308 e. The zero-order valence-electron chi connectivity index (χ0n) is 25.3. The van der Waals surface area contributed by atoms with Crippen LogP contribution in [0.2, 0.25) is 0 Å². The second-order valence-corrected chi connectivity index (χ2v) is 13.7. The third-order valence-corrected chi connectivity index (χ3v) is 8.27. The molecular formula is C32H60O4. The van der Waals surface area contributed by atoms with Crippen molar-refractivity contribution in [3.8, 4) is 0 Å². The number of carbonyl (C=O) groups excluding carboxylic acids is 2. The molecule has 212 valence electrons. The third-order valence-electron chi connectivity index (χ3n) is 8.27. The van der Waals surface area contributed by atoms with E-state index in [0.29, 0.717) is 13.2 Å². The second kappa shape index (κ2) is 16.7. The number of hydrogen-bond donors (Lipinski definition) is 0. The minimum Gasteiger partial charge on any atom is -0.465 e. The van der Waals surface area contributed by atoms with Gasteiger partial charge in [-0.15, -0.1) is 0 Å². The van der Waals surface area contributed by atoms with Gasteiger partial charge < -0.3 is 9.47 Å². The highest BCUT2D eigenvalue weighted by molar-refractivity contribution is 5.75. The van der Waals surface area contributed by atoms with Crippen molar-refractivity contribution in [1.82, 2.24) is 0 Å². The summed E-state index contributed by atoms with van der Waals surface area (Å²) >= 11 is 0. The minimum absolute atomic E-state index is 0.0173. The summed E-state index contributed by atoms with van der Waals surface area (Å²) in [6.07, 6.45) is 15.0. The molecule has 2 atom stereocenters. The molecule has 2 unspecified atom stereocenters.